The summed E-state index contributed by atoms with van der Waals surface area (Å²) in [5.41, 5.74) is 0.581. The molecule has 0 heterocycles. The summed E-state index contributed by atoms with van der Waals surface area (Å²) >= 11 is 0. The SMILES string of the molecule is CCCCCCC(=CCCN(C)C)C(=O)O. The highest BCUT2D eigenvalue weighted by Gasteiger charge is 2.06. The van der Waals surface area contributed by atoms with Crippen molar-refractivity contribution in [2.45, 2.75) is 45.4 Å². The molecular formula is C13H25NO2. The summed E-state index contributed by atoms with van der Waals surface area (Å²) < 4.78 is 0. The van der Waals surface area contributed by atoms with Gasteiger partial charge in [-0.2, -0.15) is 0 Å². The fourth-order valence-corrected chi connectivity index (χ4v) is 1.54. The van der Waals surface area contributed by atoms with E-state index >= 15 is 0 Å². The minimum atomic E-state index is -0.754. The van der Waals surface area contributed by atoms with Crippen LogP contribution < -0.4 is 0 Å². The lowest BCUT2D eigenvalue weighted by molar-refractivity contribution is -0.132. The Hall–Kier alpha value is -0.830. The van der Waals surface area contributed by atoms with Crippen molar-refractivity contribution in [3.05, 3.63) is 11.6 Å². The second kappa shape index (κ2) is 9.40. The molecule has 16 heavy (non-hydrogen) atoms. The third-order valence-electron chi connectivity index (χ3n) is 2.54. The molecule has 0 aliphatic rings. The van der Waals surface area contributed by atoms with E-state index in [-0.39, 0.29) is 0 Å². The Bertz CT molecular complexity index is 222. The van der Waals surface area contributed by atoms with Gasteiger partial charge < -0.3 is 10.0 Å². The van der Waals surface area contributed by atoms with E-state index in [1.807, 2.05) is 20.2 Å². The molecule has 0 amide bonds. The van der Waals surface area contributed by atoms with Crippen molar-refractivity contribution in [3.8, 4) is 0 Å². The molecule has 0 saturated heterocycles. The molecule has 0 fully saturated rings. The molecule has 0 aromatic rings. The first-order valence-corrected chi connectivity index (χ1v) is 6.15. The molecular weight excluding hydrogens is 202 g/mol. The van der Waals surface area contributed by atoms with Crippen LogP contribution in [0.3, 0.4) is 0 Å². The topological polar surface area (TPSA) is 40.5 Å². The van der Waals surface area contributed by atoms with E-state index in [0.29, 0.717) is 12.0 Å². The van der Waals surface area contributed by atoms with Gasteiger partial charge in [0.05, 0.1) is 0 Å². The lowest BCUT2D eigenvalue weighted by Crippen LogP contribution is -2.12. The number of hydrogen-bond donors (Lipinski definition) is 1. The second-order valence-corrected chi connectivity index (χ2v) is 4.44. The third kappa shape index (κ3) is 8.48. The van der Waals surface area contributed by atoms with Crippen LogP contribution in [-0.4, -0.2) is 36.6 Å². The van der Waals surface area contributed by atoms with Crippen LogP contribution in [0.4, 0.5) is 0 Å². The summed E-state index contributed by atoms with van der Waals surface area (Å²) in [5, 5.41) is 9.01. The minimum absolute atomic E-state index is 0.581. The van der Waals surface area contributed by atoms with Gasteiger partial charge in [0.15, 0.2) is 0 Å². The minimum Gasteiger partial charge on any atom is -0.478 e. The van der Waals surface area contributed by atoms with Crippen LogP contribution in [0.15, 0.2) is 11.6 Å². The average Bonchev–Trinajstić information content (AvgIpc) is 2.20. The smallest absolute Gasteiger partial charge is 0.331 e. The van der Waals surface area contributed by atoms with Gasteiger partial charge in [0.25, 0.3) is 0 Å². The normalized spacial score (nSPS) is 12.1. The first kappa shape index (κ1) is 15.2. The Morgan fingerprint density at radius 2 is 1.94 bits per heavy atom. The first-order valence-electron chi connectivity index (χ1n) is 6.15. The van der Waals surface area contributed by atoms with E-state index < -0.39 is 5.97 Å². The predicted octanol–water partition coefficient (Wildman–Crippen LogP) is 2.92. The highest BCUT2D eigenvalue weighted by atomic mass is 16.4. The third-order valence-corrected chi connectivity index (χ3v) is 2.54. The molecule has 0 bridgehead atoms. The summed E-state index contributed by atoms with van der Waals surface area (Å²) in [7, 11) is 3.99. The molecule has 0 aromatic heterocycles. The zero-order valence-corrected chi connectivity index (χ0v) is 10.8. The molecule has 0 rings (SSSR count). The molecule has 0 spiro atoms. The highest BCUT2D eigenvalue weighted by molar-refractivity contribution is 5.86. The van der Waals surface area contributed by atoms with Gasteiger partial charge in [-0.15, -0.1) is 0 Å². The Balaban J connectivity index is 3.91. The van der Waals surface area contributed by atoms with Crippen LogP contribution in [0.5, 0.6) is 0 Å². The van der Waals surface area contributed by atoms with Gasteiger partial charge in [-0.1, -0.05) is 32.3 Å². The second-order valence-electron chi connectivity index (χ2n) is 4.44. The number of aliphatic carboxylic acids is 1. The maximum atomic E-state index is 11.0. The van der Waals surface area contributed by atoms with Crippen molar-refractivity contribution in [1.82, 2.24) is 4.90 Å². The Morgan fingerprint density at radius 3 is 2.44 bits per heavy atom. The Kier molecular flexibility index (Phi) is 8.91. The number of carbonyl (C=O) groups is 1. The number of rotatable bonds is 9. The summed E-state index contributed by atoms with van der Waals surface area (Å²) in [6, 6.07) is 0. The standard InChI is InChI=1S/C13H25NO2/c1-4-5-6-7-9-12(13(15)16)10-8-11-14(2)3/h10H,4-9,11H2,1-3H3,(H,15,16). The van der Waals surface area contributed by atoms with E-state index in [4.69, 9.17) is 5.11 Å². The fraction of sp³-hybridized carbons (Fsp3) is 0.769. The fourth-order valence-electron chi connectivity index (χ4n) is 1.54. The molecule has 0 saturated carbocycles. The Labute approximate surface area is 99.1 Å². The zero-order valence-electron chi connectivity index (χ0n) is 10.8. The molecule has 0 aliphatic heterocycles. The molecule has 3 nitrogen and oxygen atoms in total. The van der Waals surface area contributed by atoms with Crippen molar-refractivity contribution in [2.24, 2.45) is 0 Å². The number of unbranched alkanes of at least 4 members (excludes halogenated alkanes) is 3. The van der Waals surface area contributed by atoms with Crippen LogP contribution in [0.25, 0.3) is 0 Å². The zero-order chi connectivity index (χ0) is 12.4. The molecule has 0 aromatic carbocycles. The summed E-state index contributed by atoms with van der Waals surface area (Å²) in [5.74, 6) is -0.754. The van der Waals surface area contributed by atoms with Gasteiger partial charge in [0.1, 0.15) is 0 Å². The number of carboxylic acids is 1. The van der Waals surface area contributed by atoms with Gasteiger partial charge >= 0.3 is 5.97 Å². The van der Waals surface area contributed by atoms with Crippen LogP contribution in [-0.2, 0) is 4.79 Å². The summed E-state index contributed by atoms with van der Waals surface area (Å²) in [4.78, 5) is 13.0. The van der Waals surface area contributed by atoms with Crippen LogP contribution in [0.1, 0.15) is 45.4 Å². The largest absolute Gasteiger partial charge is 0.478 e. The van der Waals surface area contributed by atoms with Crippen molar-refractivity contribution in [2.75, 3.05) is 20.6 Å². The highest BCUT2D eigenvalue weighted by Crippen LogP contribution is 2.11. The van der Waals surface area contributed by atoms with E-state index in [2.05, 4.69) is 11.8 Å². The van der Waals surface area contributed by atoms with E-state index in [1.165, 1.54) is 12.8 Å². The molecule has 0 unspecified atom stereocenters. The number of nitrogens with zero attached hydrogens (tertiary/aromatic N) is 1. The lowest BCUT2D eigenvalue weighted by atomic mass is 10.1. The maximum Gasteiger partial charge on any atom is 0.331 e. The molecule has 0 radical (unpaired) electrons. The van der Waals surface area contributed by atoms with Crippen LogP contribution in [0.2, 0.25) is 0 Å². The van der Waals surface area contributed by atoms with Crippen molar-refractivity contribution in [1.29, 1.82) is 0 Å². The van der Waals surface area contributed by atoms with E-state index in [1.54, 1.807) is 0 Å². The van der Waals surface area contributed by atoms with Gasteiger partial charge in [0, 0.05) is 12.1 Å². The van der Waals surface area contributed by atoms with Gasteiger partial charge in [-0.3, -0.25) is 0 Å². The molecule has 3 heteroatoms. The predicted molar refractivity (Wildman–Crippen MR) is 67.6 cm³/mol. The maximum absolute atomic E-state index is 11.0. The summed E-state index contributed by atoms with van der Waals surface area (Å²) in [6.45, 7) is 3.07. The van der Waals surface area contributed by atoms with Crippen LogP contribution in [0, 0.1) is 0 Å². The molecule has 94 valence electrons. The quantitative estimate of drug-likeness (QED) is 0.486. The molecule has 0 aliphatic carbocycles. The van der Waals surface area contributed by atoms with E-state index in [9.17, 15) is 4.79 Å². The van der Waals surface area contributed by atoms with Crippen LogP contribution >= 0.6 is 0 Å². The molecule has 0 atom stereocenters. The molecule has 1 N–H and O–H groups in total. The van der Waals surface area contributed by atoms with Gasteiger partial charge in [0.2, 0.25) is 0 Å². The number of carboxylic acid groups (broad SMARTS) is 1. The average molecular weight is 227 g/mol. The van der Waals surface area contributed by atoms with Gasteiger partial charge in [-0.25, -0.2) is 4.79 Å². The van der Waals surface area contributed by atoms with Crippen molar-refractivity contribution in [3.63, 3.8) is 0 Å². The summed E-state index contributed by atoms with van der Waals surface area (Å²) in [6.07, 6.45) is 7.92. The monoisotopic (exact) mass is 227 g/mol. The van der Waals surface area contributed by atoms with E-state index in [0.717, 1.165) is 25.8 Å². The van der Waals surface area contributed by atoms with Gasteiger partial charge in [-0.05, 0) is 33.4 Å². The van der Waals surface area contributed by atoms with Crippen molar-refractivity contribution >= 4 is 5.97 Å². The Morgan fingerprint density at radius 1 is 1.25 bits per heavy atom. The lowest BCUT2D eigenvalue weighted by Gasteiger charge is -2.07. The van der Waals surface area contributed by atoms with Crippen molar-refractivity contribution < 1.29 is 9.90 Å². The number of hydrogen-bond acceptors (Lipinski definition) is 2. The first-order chi connectivity index (χ1) is 7.57.